The molecule has 6 heteroatoms. The van der Waals surface area contributed by atoms with Crippen LogP contribution < -0.4 is 15.1 Å². The average Bonchev–Trinajstić information content (AvgIpc) is 3.06. The monoisotopic (exact) mass is 325 g/mol. The molecule has 1 aliphatic rings. The first kappa shape index (κ1) is 16.2. The van der Waals surface area contributed by atoms with E-state index in [9.17, 15) is 4.79 Å². The summed E-state index contributed by atoms with van der Waals surface area (Å²) in [6, 6.07) is 10.1. The molecule has 1 amide bonds. The lowest BCUT2D eigenvalue weighted by atomic mass is 10.2. The average molecular weight is 325 g/mol. The van der Waals surface area contributed by atoms with Gasteiger partial charge in [0.05, 0.1) is 0 Å². The Labute approximate surface area is 142 Å². The number of hydrogen-bond donors (Lipinski definition) is 1. The topological polar surface area (TPSA) is 61.4 Å². The Balaban J connectivity index is 1.62. The summed E-state index contributed by atoms with van der Waals surface area (Å²) in [5, 5.41) is 3.32. The predicted octanol–water partition coefficient (Wildman–Crippen LogP) is 2.67. The Morgan fingerprint density at radius 1 is 1.25 bits per heavy atom. The van der Waals surface area contributed by atoms with Crippen LogP contribution in [0.5, 0.6) is 0 Å². The van der Waals surface area contributed by atoms with Crippen LogP contribution in [0.15, 0.2) is 36.7 Å². The van der Waals surface area contributed by atoms with Crippen molar-refractivity contribution < 1.29 is 4.79 Å². The highest BCUT2D eigenvalue weighted by molar-refractivity contribution is 5.95. The first-order chi connectivity index (χ1) is 11.7. The van der Waals surface area contributed by atoms with E-state index in [4.69, 9.17) is 0 Å². The SMILES string of the molecule is CCN(C)c1cc(NCc2ccc(N3CCCC3=O)cc2)ncn1. The second-order valence-corrected chi connectivity index (χ2v) is 5.94. The quantitative estimate of drug-likeness (QED) is 0.885. The van der Waals surface area contributed by atoms with Gasteiger partial charge in [-0.2, -0.15) is 0 Å². The fourth-order valence-electron chi connectivity index (χ4n) is 2.72. The highest BCUT2D eigenvalue weighted by Gasteiger charge is 2.21. The van der Waals surface area contributed by atoms with Crippen LogP contribution in [0.3, 0.4) is 0 Å². The maximum atomic E-state index is 11.8. The largest absolute Gasteiger partial charge is 0.366 e. The summed E-state index contributed by atoms with van der Waals surface area (Å²) in [5.41, 5.74) is 2.13. The minimum absolute atomic E-state index is 0.217. The fourth-order valence-corrected chi connectivity index (χ4v) is 2.72. The molecule has 0 spiro atoms. The molecule has 6 nitrogen and oxygen atoms in total. The Morgan fingerprint density at radius 2 is 2.04 bits per heavy atom. The van der Waals surface area contributed by atoms with Crippen LogP contribution in [0.2, 0.25) is 0 Å². The van der Waals surface area contributed by atoms with E-state index in [1.165, 1.54) is 0 Å². The number of carbonyl (C=O) groups excluding carboxylic acids is 1. The normalized spacial score (nSPS) is 14.1. The molecular weight excluding hydrogens is 302 g/mol. The minimum atomic E-state index is 0.217. The smallest absolute Gasteiger partial charge is 0.227 e. The summed E-state index contributed by atoms with van der Waals surface area (Å²) in [4.78, 5) is 24.2. The first-order valence-corrected chi connectivity index (χ1v) is 8.33. The number of carbonyl (C=O) groups is 1. The third-order valence-electron chi connectivity index (χ3n) is 4.31. The number of nitrogens with zero attached hydrogens (tertiary/aromatic N) is 4. The summed E-state index contributed by atoms with van der Waals surface area (Å²) in [6.07, 6.45) is 3.18. The summed E-state index contributed by atoms with van der Waals surface area (Å²) in [6.45, 7) is 4.49. The Bertz CT molecular complexity index is 701. The number of amides is 1. The van der Waals surface area contributed by atoms with Gasteiger partial charge >= 0.3 is 0 Å². The molecule has 0 saturated carbocycles. The van der Waals surface area contributed by atoms with Gasteiger partial charge in [0, 0.05) is 44.9 Å². The highest BCUT2D eigenvalue weighted by atomic mass is 16.2. The fraction of sp³-hybridized carbons (Fsp3) is 0.389. The molecule has 126 valence electrons. The van der Waals surface area contributed by atoms with Crippen LogP contribution in [0.4, 0.5) is 17.3 Å². The van der Waals surface area contributed by atoms with Crippen molar-refractivity contribution in [3.63, 3.8) is 0 Å². The zero-order valence-corrected chi connectivity index (χ0v) is 14.2. The zero-order valence-electron chi connectivity index (χ0n) is 14.2. The van der Waals surface area contributed by atoms with Gasteiger partial charge < -0.3 is 15.1 Å². The van der Waals surface area contributed by atoms with E-state index in [1.807, 2.05) is 42.3 Å². The van der Waals surface area contributed by atoms with Crippen LogP contribution in [-0.2, 0) is 11.3 Å². The molecule has 1 N–H and O–H groups in total. The van der Waals surface area contributed by atoms with Crippen molar-refractivity contribution in [3.8, 4) is 0 Å². The van der Waals surface area contributed by atoms with E-state index >= 15 is 0 Å². The van der Waals surface area contributed by atoms with E-state index in [0.717, 1.165) is 42.4 Å². The zero-order chi connectivity index (χ0) is 16.9. The second-order valence-electron chi connectivity index (χ2n) is 5.94. The summed E-state index contributed by atoms with van der Waals surface area (Å²) in [5.74, 6) is 1.92. The van der Waals surface area contributed by atoms with Gasteiger partial charge in [0.15, 0.2) is 0 Å². The van der Waals surface area contributed by atoms with Gasteiger partial charge in [0.25, 0.3) is 0 Å². The minimum Gasteiger partial charge on any atom is -0.366 e. The van der Waals surface area contributed by atoms with E-state index in [2.05, 4.69) is 27.1 Å². The van der Waals surface area contributed by atoms with Crippen molar-refractivity contribution >= 4 is 23.2 Å². The van der Waals surface area contributed by atoms with Gasteiger partial charge in [-0.05, 0) is 31.0 Å². The summed E-state index contributed by atoms with van der Waals surface area (Å²) in [7, 11) is 2.00. The summed E-state index contributed by atoms with van der Waals surface area (Å²) >= 11 is 0. The number of anilines is 3. The van der Waals surface area contributed by atoms with Gasteiger partial charge in [0.2, 0.25) is 5.91 Å². The second kappa shape index (κ2) is 7.29. The highest BCUT2D eigenvalue weighted by Crippen LogP contribution is 2.22. The first-order valence-electron chi connectivity index (χ1n) is 8.33. The van der Waals surface area contributed by atoms with E-state index in [0.29, 0.717) is 13.0 Å². The van der Waals surface area contributed by atoms with E-state index in [-0.39, 0.29) is 5.91 Å². The van der Waals surface area contributed by atoms with Crippen molar-refractivity contribution in [2.45, 2.75) is 26.3 Å². The molecule has 0 atom stereocenters. The van der Waals surface area contributed by atoms with Crippen molar-refractivity contribution in [1.82, 2.24) is 9.97 Å². The molecule has 2 aromatic rings. The maximum Gasteiger partial charge on any atom is 0.227 e. The third-order valence-corrected chi connectivity index (χ3v) is 4.31. The number of benzene rings is 1. The van der Waals surface area contributed by atoms with E-state index < -0.39 is 0 Å². The number of aromatic nitrogens is 2. The van der Waals surface area contributed by atoms with Gasteiger partial charge in [-0.25, -0.2) is 9.97 Å². The van der Waals surface area contributed by atoms with Gasteiger partial charge in [-0.3, -0.25) is 4.79 Å². The lowest BCUT2D eigenvalue weighted by Crippen LogP contribution is -2.23. The molecule has 0 unspecified atom stereocenters. The van der Waals surface area contributed by atoms with Crippen LogP contribution in [0.25, 0.3) is 0 Å². The summed E-state index contributed by atoms with van der Waals surface area (Å²) < 4.78 is 0. The standard InChI is InChI=1S/C18H23N5O/c1-3-22(2)17-11-16(20-13-21-17)19-12-14-6-8-15(9-7-14)23-10-4-5-18(23)24/h6-9,11,13H,3-5,10,12H2,1-2H3,(H,19,20,21). The lowest BCUT2D eigenvalue weighted by molar-refractivity contribution is -0.117. The Kier molecular flexibility index (Phi) is 4.93. The molecule has 0 radical (unpaired) electrons. The van der Waals surface area contributed by atoms with Crippen molar-refractivity contribution in [2.75, 3.05) is 35.3 Å². The molecule has 1 fully saturated rings. The van der Waals surface area contributed by atoms with Gasteiger partial charge in [-0.1, -0.05) is 12.1 Å². The van der Waals surface area contributed by atoms with Crippen LogP contribution in [0, 0.1) is 0 Å². The maximum absolute atomic E-state index is 11.8. The molecule has 0 bridgehead atoms. The van der Waals surface area contributed by atoms with Gasteiger partial charge in [0.1, 0.15) is 18.0 Å². The number of nitrogens with one attached hydrogen (secondary N) is 1. The molecule has 3 rings (SSSR count). The van der Waals surface area contributed by atoms with Crippen molar-refractivity contribution in [2.24, 2.45) is 0 Å². The van der Waals surface area contributed by atoms with Crippen molar-refractivity contribution in [1.29, 1.82) is 0 Å². The molecule has 0 aliphatic carbocycles. The number of hydrogen-bond acceptors (Lipinski definition) is 5. The molecular formula is C18H23N5O. The number of rotatable bonds is 6. The Hall–Kier alpha value is -2.63. The van der Waals surface area contributed by atoms with Crippen LogP contribution in [0.1, 0.15) is 25.3 Å². The third kappa shape index (κ3) is 3.64. The van der Waals surface area contributed by atoms with Crippen LogP contribution >= 0.6 is 0 Å². The molecule has 1 saturated heterocycles. The molecule has 2 heterocycles. The van der Waals surface area contributed by atoms with E-state index in [1.54, 1.807) is 6.33 Å². The molecule has 24 heavy (non-hydrogen) atoms. The molecule has 1 aromatic carbocycles. The van der Waals surface area contributed by atoms with Crippen LogP contribution in [-0.4, -0.2) is 36.0 Å². The Morgan fingerprint density at radius 3 is 2.71 bits per heavy atom. The molecule has 1 aliphatic heterocycles. The van der Waals surface area contributed by atoms with Gasteiger partial charge in [-0.15, -0.1) is 0 Å². The van der Waals surface area contributed by atoms with Crippen molar-refractivity contribution in [3.05, 3.63) is 42.2 Å². The molecule has 1 aromatic heterocycles. The lowest BCUT2D eigenvalue weighted by Gasteiger charge is -2.17. The predicted molar refractivity (Wildman–Crippen MR) is 96.3 cm³/mol.